The van der Waals surface area contributed by atoms with Gasteiger partial charge in [0.05, 0.1) is 0 Å². The third-order valence-corrected chi connectivity index (χ3v) is 4.28. The van der Waals surface area contributed by atoms with Gasteiger partial charge in [-0.1, -0.05) is 12.1 Å². The number of benzene rings is 1. The van der Waals surface area contributed by atoms with Crippen LogP contribution in [0.25, 0.3) is 0 Å². The first-order valence-corrected chi connectivity index (χ1v) is 7.46. The summed E-state index contributed by atoms with van der Waals surface area (Å²) in [5.74, 6) is 1.10. The molecule has 2 aliphatic rings. The first-order chi connectivity index (χ1) is 9.24. The number of nitrogens with zero attached hydrogens (tertiary/aromatic N) is 1. The predicted octanol–water partition coefficient (Wildman–Crippen LogP) is 2.54. The Kier molecular flexibility index (Phi) is 3.76. The van der Waals surface area contributed by atoms with Crippen molar-refractivity contribution in [1.82, 2.24) is 10.2 Å². The zero-order valence-electron chi connectivity index (χ0n) is 12.0. The van der Waals surface area contributed by atoms with Crippen LogP contribution in [0.2, 0.25) is 0 Å². The molecule has 1 aromatic rings. The Morgan fingerprint density at radius 3 is 3.05 bits per heavy atom. The number of hydrogen-bond donors (Lipinski definition) is 1. The molecule has 1 saturated heterocycles. The lowest BCUT2D eigenvalue weighted by atomic mass is 10.1. The average Bonchev–Trinajstić information content (AvgIpc) is 2.88. The summed E-state index contributed by atoms with van der Waals surface area (Å²) in [6, 6.07) is 7.06. The Labute approximate surface area is 115 Å². The van der Waals surface area contributed by atoms with Crippen LogP contribution in [0.5, 0.6) is 5.75 Å². The van der Waals surface area contributed by atoms with Crippen LogP contribution in [0, 0.1) is 0 Å². The summed E-state index contributed by atoms with van der Waals surface area (Å²) in [7, 11) is 0. The van der Waals surface area contributed by atoms with Crippen molar-refractivity contribution < 1.29 is 4.74 Å². The Balaban J connectivity index is 1.70. The van der Waals surface area contributed by atoms with E-state index in [-0.39, 0.29) is 0 Å². The number of piperidine rings is 1. The van der Waals surface area contributed by atoms with E-state index in [0.717, 1.165) is 25.4 Å². The van der Waals surface area contributed by atoms with Gasteiger partial charge in [0, 0.05) is 31.2 Å². The van der Waals surface area contributed by atoms with Gasteiger partial charge in [-0.15, -0.1) is 0 Å². The number of ether oxygens (including phenoxy) is 1. The molecule has 0 bridgehead atoms. The van der Waals surface area contributed by atoms with Crippen LogP contribution in [-0.4, -0.2) is 30.1 Å². The highest BCUT2D eigenvalue weighted by Crippen LogP contribution is 2.28. The van der Waals surface area contributed by atoms with Crippen molar-refractivity contribution in [2.75, 3.05) is 13.1 Å². The van der Waals surface area contributed by atoms with Gasteiger partial charge in [-0.3, -0.25) is 4.90 Å². The van der Waals surface area contributed by atoms with Gasteiger partial charge in [0.15, 0.2) is 0 Å². The minimum Gasteiger partial charge on any atom is -0.489 e. The summed E-state index contributed by atoms with van der Waals surface area (Å²) in [4.78, 5) is 2.52. The van der Waals surface area contributed by atoms with Gasteiger partial charge < -0.3 is 10.1 Å². The van der Waals surface area contributed by atoms with Gasteiger partial charge in [0.25, 0.3) is 0 Å². The quantitative estimate of drug-likeness (QED) is 0.904. The minimum absolute atomic E-state index is 0.350. The number of rotatable bonds is 3. The molecule has 2 heterocycles. The molecule has 0 saturated carbocycles. The summed E-state index contributed by atoms with van der Waals surface area (Å²) in [6.45, 7) is 8.75. The molecule has 1 aromatic carbocycles. The summed E-state index contributed by atoms with van der Waals surface area (Å²) >= 11 is 0. The van der Waals surface area contributed by atoms with E-state index in [0.29, 0.717) is 12.1 Å². The second-order valence-electron chi connectivity index (χ2n) is 5.97. The average molecular weight is 260 g/mol. The smallest absolute Gasteiger partial charge is 0.124 e. The zero-order valence-corrected chi connectivity index (χ0v) is 12.0. The fraction of sp³-hybridized carbons (Fsp3) is 0.625. The van der Waals surface area contributed by atoms with Gasteiger partial charge in [-0.2, -0.15) is 0 Å². The normalized spacial score (nSPS) is 23.6. The molecule has 0 amide bonds. The molecule has 1 unspecified atom stereocenters. The third kappa shape index (κ3) is 2.77. The fourth-order valence-electron chi connectivity index (χ4n) is 3.12. The highest BCUT2D eigenvalue weighted by Gasteiger charge is 2.24. The highest BCUT2D eigenvalue weighted by atomic mass is 16.5. The third-order valence-electron chi connectivity index (χ3n) is 4.28. The molecule has 1 fully saturated rings. The molecule has 0 aliphatic carbocycles. The van der Waals surface area contributed by atoms with Crippen molar-refractivity contribution >= 4 is 0 Å². The van der Waals surface area contributed by atoms with Gasteiger partial charge >= 0.3 is 0 Å². The van der Waals surface area contributed by atoms with E-state index < -0.39 is 0 Å². The molecule has 104 valence electrons. The lowest BCUT2D eigenvalue weighted by molar-refractivity contribution is 0.0700. The first-order valence-electron chi connectivity index (χ1n) is 7.46. The molecule has 0 spiro atoms. The van der Waals surface area contributed by atoms with Crippen molar-refractivity contribution in [2.45, 2.75) is 51.9 Å². The van der Waals surface area contributed by atoms with Crippen LogP contribution >= 0.6 is 0 Å². The molecular weight excluding hydrogens is 236 g/mol. The predicted molar refractivity (Wildman–Crippen MR) is 77.3 cm³/mol. The molecule has 3 heteroatoms. The van der Waals surface area contributed by atoms with E-state index in [1.165, 1.54) is 30.5 Å². The maximum atomic E-state index is 6.30. The van der Waals surface area contributed by atoms with E-state index in [9.17, 15) is 0 Å². The Morgan fingerprint density at radius 1 is 1.32 bits per heavy atom. The van der Waals surface area contributed by atoms with Crippen molar-refractivity contribution in [3.63, 3.8) is 0 Å². The lowest BCUT2D eigenvalue weighted by Gasteiger charge is -2.35. The lowest BCUT2D eigenvalue weighted by Crippen LogP contribution is -2.44. The molecular formula is C16H24N2O. The minimum atomic E-state index is 0.350. The van der Waals surface area contributed by atoms with Gasteiger partial charge in [0.2, 0.25) is 0 Å². The van der Waals surface area contributed by atoms with E-state index >= 15 is 0 Å². The molecule has 1 atom stereocenters. The van der Waals surface area contributed by atoms with E-state index in [1.807, 2.05) is 0 Å². The number of fused-ring (bicyclic) bond motifs is 1. The first kappa shape index (κ1) is 12.9. The van der Waals surface area contributed by atoms with Crippen LogP contribution in [0.1, 0.15) is 37.8 Å². The van der Waals surface area contributed by atoms with Crippen LogP contribution in [0.3, 0.4) is 0 Å². The Morgan fingerprint density at radius 2 is 2.21 bits per heavy atom. The maximum absolute atomic E-state index is 6.30. The van der Waals surface area contributed by atoms with Crippen molar-refractivity contribution in [1.29, 1.82) is 0 Å². The fourth-order valence-corrected chi connectivity index (χ4v) is 3.12. The standard InChI is InChI=1S/C16H24N2O/c1-12(2)18-8-4-6-14(11-18)19-16-7-3-5-13-9-17-10-15(13)16/h3,5,7,12,14,17H,4,6,8-11H2,1-2H3. The van der Waals surface area contributed by atoms with Gasteiger partial charge in [-0.05, 0) is 44.9 Å². The molecule has 2 aliphatic heterocycles. The molecule has 1 N–H and O–H groups in total. The van der Waals surface area contributed by atoms with E-state index in [1.54, 1.807) is 0 Å². The number of likely N-dealkylation sites (tertiary alicyclic amines) is 1. The second kappa shape index (κ2) is 5.51. The SMILES string of the molecule is CC(C)N1CCCC(Oc2cccc3c2CNC3)C1. The monoisotopic (exact) mass is 260 g/mol. The summed E-state index contributed by atoms with van der Waals surface area (Å²) in [5.41, 5.74) is 2.76. The van der Waals surface area contributed by atoms with Crippen LogP contribution in [0.15, 0.2) is 18.2 Å². The van der Waals surface area contributed by atoms with Gasteiger partial charge in [-0.25, -0.2) is 0 Å². The van der Waals surface area contributed by atoms with Crippen LogP contribution in [0.4, 0.5) is 0 Å². The molecule has 3 rings (SSSR count). The van der Waals surface area contributed by atoms with Gasteiger partial charge in [0.1, 0.15) is 11.9 Å². The summed E-state index contributed by atoms with van der Waals surface area (Å²) in [6.07, 6.45) is 2.78. The largest absolute Gasteiger partial charge is 0.489 e. The number of nitrogens with one attached hydrogen (secondary N) is 1. The van der Waals surface area contributed by atoms with Crippen molar-refractivity contribution in [2.24, 2.45) is 0 Å². The summed E-state index contributed by atoms with van der Waals surface area (Å²) < 4.78 is 6.30. The summed E-state index contributed by atoms with van der Waals surface area (Å²) in [5, 5.41) is 3.40. The maximum Gasteiger partial charge on any atom is 0.124 e. The molecule has 19 heavy (non-hydrogen) atoms. The number of hydrogen-bond acceptors (Lipinski definition) is 3. The zero-order chi connectivity index (χ0) is 13.2. The highest BCUT2D eigenvalue weighted by molar-refractivity contribution is 5.42. The van der Waals surface area contributed by atoms with Crippen molar-refractivity contribution in [3.05, 3.63) is 29.3 Å². The van der Waals surface area contributed by atoms with E-state index in [2.05, 4.69) is 42.3 Å². The Hall–Kier alpha value is -1.06. The van der Waals surface area contributed by atoms with E-state index in [4.69, 9.17) is 4.74 Å². The van der Waals surface area contributed by atoms with Crippen LogP contribution in [-0.2, 0) is 13.1 Å². The van der Waals surface area contributed by atoms with Crippen molar-refractivity contribution in [3.8, 4) is 5.75 Å². The van der Waals surface area contributed by atoms with Crippen LogP contribution < -0.4 is 10.1 Å². The Bertz CT molecular complexity index is 444. The molecule has 0 radical (unpaired) electrons. The molecule has 0 aromatic heterocycles. The topological polar surface area (TPSA) is 24.5 Å². The molecule has 3 nitrogen and oxygen atoms in total. The second-order valence-corrected chi connectivity index (χ2v) is 5.97.